The third-order valence-corrected chi connectivity index (χ3v) is 3.89. The largest absolute Gasteiger partial charge is 0.480 e. The van der Waals surface area contributed by atoms with Crippen LogP contribution in [0.4, 0.5) is 0 Å². The van der Waals surface area contributed by atoms with E-state index in [9.17, 15) is 9.59 Å². The number of carbonyl (C=O) groups is 2. The lowest BCUT2D eigenvalue weighted by molar-refractivity contribution is -0.149. The molecule has 0 aromatic heterocycles. The van der Waals surface area contributed by atoms with E-state index in [0.717, 1.165) is 10.0 Å². The molecule has 0 bridgehead atoms. The van der Waals surface area contributed by atoms with Crippen LogP contribution in [-0.4, -0.2) is 17.0 Å². The maximum atomic E-state index is 11.8. The van der Waals surface area contributed by atoms with E-state index in [1.165, 1.54) is 0 Å². The highest BCUT2D eigenvalue weighted by molar-refractivity contribution is 9.10. The summed E-state index contributed by atoms with van der Waals surface area (Å²) in [5.74, 6) is -1.49. The molecular formula is C12H11BrClNO3. The summed E-state index contributed by atoms with van der Waals surface area (Å²) in [5, 5.41) is 12.1. The van der Waals surface area contributed by atoms with Gasteiger partial charge in [-0.3, -0.25) is 9.59 Å². The van der Waals surface area contributed by atoms with Crippen LogP contribution < -0.4 is 5.32 Å². The number of hydrogen-bond donors (Lipinski definition) is 2. The van der Waals surface area contributed by atoms with Crippen molar-refractivity contribution in [3.8, 4) is 0 Å². The van der Waals surface area contributed by atoms with Gasteiger partial charge in [-0.05, 0) is 30.5 Å². The zero-order chi connectivity index (χ0) is 13.3. The predicted molar refractivity (Wildman–Crippen MR) is 70.3 cm³/mol. The SMILES string of the molecule is O=C(O)C1(C(=O)NCc2ccc(Br)cc2Cl)CC1. The molecule has 0 heterocycles. The molecule has 0 aliphatic heterocycles. The van der Waals surface area contributed by atoms with Crippen LogP contribution in [0.3, 0.4) is 0 Å². The molecule has 1 aliphatic carbocycles. The first-order valence-electron chi connectivity index (χ1n) is 5.41. The minimum Gasteiger partial charge on any atom is -0.480 e. The van der Waals surface area contributed by atoms with Gasteiger partial charge in [0.25, 0.3) is 0 Å². The minimum atomic E-state index is -1.21. The van der Waals surface area contributed by atoms with Gasteiger partial charge >= 0.3 is 5.97 Å². The van der Waals surface area contributed by atoms with Crippen molar-refractivity contribution in [2.45, 2.75) is 19.4 Å². The van der Waals surface area contributed by atoms with E-state index in [1.54, 1.807) is 12.1 Å². The van der Waals surface area contributed by atoms with Crippen molar-refractivity contribution < 1.29 is 14.7 Å². The van der Waals surface area contributed by atoms with Gasteiger partial charge in [0.15, 0.2) is 0 Å². The van der Waals surface area contributed by atoms with Gasteiger partial charge in [-0.25, -0.2) is 0 Å². The second-order valence-corrected chi connectivity index (χ2v) is 5.63. The fourth-order valence-electron chi connectivity index (χ4n) is 1.67. The molecule has 2 rings (SSSR count). The first-order chi connectivity index (χ1) is 8.45. The lowest BCUT2D eigenvalue weighted by atomic mass is 10.1. The molecule has 0 spiro atoms. The average Bonchev–Trinajstić information content (AvgIpc) is 3.08. The van der Waals surface area contributed by atoms with Crippen LogP contribution in [0.5, 0.6) is 0 Å². The number of benzene rings is 1. The van der Waals surface area contributed by atoms with Gasteiger partial charge in [0.05, 0.1) is 0 Å². The molecule has 1 saturated carbocycles. The standard InChI is InChI=1S/C12H11BrClNO3/c13-8-2-1-7(9(14)5-8)6-15-10(16)12(3-4-12)11(17)18/h1-2,5H,3-4,6H2,(H,15,16)(H,17,18). The Bertz CT molecular complexity index is 514. The lowest BCUT2D eigenvalue weighted by Crippen LogP contribution is -2.36. The first kappa shape index (κ1) is 13.4. The highest BCUT2D eigenvalue weighted by Gasteiger charge is 2.56. The number of rotatable bonds is 4. The monoisotopic (exact) mass is 331 g/mol. The number of carboxylic acid groups (broad SMARTS) is 1. The number of carbonyl (C=O) groups excluding carboxylic acids is 1. The molecular weight excluding hydrogens is 321 g/mol. The van der Waals surface area contributed by atoms with Crippen LogP contribution in [-0.2, 0) is 16.1 Å². The summed E-state index contributed by atoms with van der Waals surface area (Å²) >= 11 is 9.30. The minimum absolute atomic E-state index is 0.236. The van der Waals surface area contributed by atoms with Crippen LogP contribution in [0.1, 0.15) is 18.4 Å². The molecule has 0 radical (unpaired) electrons. The molecule has 18 heavy (non-hydrogen) atoms. The van der Waals surface area contributed by atoms with Crippen molar-refractivity contribution in [2.24, 2.45) is 5.41 Å². The molecule has 1 aromatic rings. The van der Waals surface area contributed by atoms with E-state index >= 15 is 0 Å². The summed E-state index contributed by atoms with van der Waals surface area (Å²) in [7, 11) is 0. The van der Waals surface area contributed by atoms with E-state index in [1.807, 2.05) is 6.07 Å². The topological polar surface area (TPSA) is 66.4 Å². The summed E-state index contributed by atoms with van der Waals surface area (Å²) in [6.07, 6.45) is 0.810. The molecule has 0 unspecified atom stereocenters. The Morgan fingerprint density at radius 1 is 1.44 bits per heavy atom. The van der Waals surface area contributed by atoms with Crippen LogP contribution in [0.15, 0.2) is 22.7 Å². The molecule has 2 N–H and O–H groups in total. The van der Waals surface area contributed by atoms with Gasteiger partial charge in [0, 0.05) is 16.0 Å². The maximum absolute atomic E-state index is 11.8. The zero-order valence-electron chi connectivity index (χ0n) is 9.37. The number of carboxylic acids is 1. The van der Waals surface area contributed by atoms with Crippen LogP contribution in [0, 0.1) is 5.41 Å². The van der Waals surface area contributed by atoms with E-state index in [0.29, 0.717) is 17.9 Å². The van der Waals surface area contributed by atoms with Crippen molar-refractivity contribution in [3.05, 3.63) is 33.3 Å². The van der Waals surface area contributed by atoms with Gasteiger partial charge in [-0.2, -0.15) is 0 Å². The van der Waals surface area contributed by atoms with Crippen LogP contribution in [0.2, 0.25) is 5.02 Å². The Hall–Kier alpha value is -1.07. The Morgan fingerprint density at radius 3 is 2.61 bits per heavy atom. The van der Waals surface area contributed by atoms with Crippen molar-refractivity contribution in [1.82, 2.24) is 5.32 Å². The summed E-state index contributed by atoms with van der Waals surface area (Å²) in [6.45, 7) is 0.236. The lowest BCUT2D eigenvalue weighted by Gasteiger charge is -2.11. The van der Waals surface area contributed by atoms with Gasteiger partial charge in [-0.1, -0.05) is 33.6 Å². The van der Waals surface area contributed by atoms with Crippen molar-refractivity contribution in [3.63, 3.8) is 0 Å². The van der Waals surface area contributed by atoms with E-state index in [-0.39, 0.29) is 6.54 Å². The summed E-state index contributed by atoms with van der Waals surface area (Å²) < 4.78 is 0.853. The average molecular weight is 333 g/mol. The smallest absolute Gasteiger partial charge is 0.319 e. The Labute approximate surface area is 117 Å². The Kier molecular flexibility index (Phi) is 3.64. The highest BCUT2D eigenvalue weighted by Crippen LogP contribution is 2.46. The van der Waals surface area contributed by atoms with E-state index in [2.05, 4.69) is 21.2 Å². The molecule has 1 fully saturated rings. The Balaban J connectivity index is 2.00. The quantitative estimate of drug-likeness (QED) is 0.833. The Morgan fingerprint density at radius 2 is 2.11 bits per heavy atom. The molecule has 1 amide bonds. The normalized spacial score (nSPS) is 16.1. The summed E-state index contributed by atoms with van der Waals surface area (Å²) in [6, 6.07) is 5.33. The molecule has 0 saturated heterocycles. The third kappa shape index (κ3) is 2.52. The molecule has 0 atom stereocenters. The van der Waals surface area contributed by atoms with Gasteiger partial charge in [0.2, 0.25) is 5.91 Å². The maximum Gasteiger partial charge on any atom is 0.319 e. The second kappa shape index (κ2) is 4.90. The van der Waals surface area contributed by atoms with Crippen molar-refractivity contribution in [1.29, 1.82) is 0 Å². The zero-order valence-corrected chi connectivity index (χ0v) is 11.7. The van der Waals surface area contributed by atoms with Crippen molar-refractivity contribution in [2.75, 3.05) is 0 Å². The van der Waals surface area contributed by atoms with Crippen LogP contribution >= 0.6 is 27.5 Å². The molecule has 1 aromatic carbocycles. The van der Waals surface area contributed by atoms with Gasteiger partial charge < -0.3 is 10.4 Å². The molecule has 4 nitrogen and oxygen atoms in total. The van der Waals surface area contributed by atoms with E-state index < -0.39 is 17.3 Å². The number of hydrogen-bond acceptors (Lipinski definition) is 2. The van der Waals surface area contributed by atoms with Gasteiger partial charge in [0.1, 0.15) is 5.41 Å². The van der Waals surface area contributed by atoms with E-state index in [4.69, 9.17) is 16.7 Å². The number of aliphatic carboxylic acids is 1. The highest BCUT2D eigenvalue weighted by atomic mass is 79.9. The van der Waals surface area contributed by atoms with Crippen molar-refractivity contribution >= 4 is 39.4 Å². The predicted octanol–water partition coefficient (Wildman–Crippen LogP) is 2.58. The van der Waals surface area contributed by atoms with Gasteiger partial charge in [-0.15, -0.1) is 0 Å². The first-order valence-corrected chi connectivity index (χ1v) is 6.58. The molecule has 6 heteroatoms. The number of amides is 1. The molecule has 1 aliphatic rings. The molecule has 96 valence electrons. The second-order valence-electron chi connectivity index (χ2n) is 4.31. The van der Waals surface area contributed by atoms with Crippen LogP contribution in [0.25, 0.3) is 0 Å². The summed E-state index contributed by atoms with van der Waals surface area (Å²) in [5.41, 5.74) is -0.448. The number of nitrogens with one attached hydrogen (secondary N) is 1. The fraction of sp³-hybridized carbons (Fsp3) is 0.333. The summed E-state index contributed by atoms with van der Waals surface area (Å²) in [4.78, 5) is 22.7. The fourth-order valence-corrected chi connectivity index (χ4v) is 2.41. The number of halogens is 2. The third-order valence-electron chi connectivity index (χ3n) is 3.05.